The number of anilines is 1. The van der Waals surface area contributed by atoms with E-state index in [1.165, 1.54) is 4.90 Å². The summed E-state index contributed by atoms with van der Waals surface area (Å²) in [5, 5.41) is 6.54. The molecule has 6 nitrogen and oxygen atoms in total. The maximum atomic E-state index is 12.3. The minimum atomic E-state index is -0.114. The highest BCUT2D eigenvalue weighted by molar-refractivity contribution is 6.31. The lowest BCUT2D eigenvalue weighted by atomic mass is 10.2. The van der Waals surface area contributed by atoms with E-state index in [0.717, 1.165) is 31.5 Å². The van der Waals surface area contributed by atoms with Gasteiger partial charge in [-0.3, -0.25) is 4.79 Å². The molecule has 3 N–H and O–H groups in total. The predicted molar refractivity (Wildman–Crippen MR) is 93.5 cm³/mol. The Morgan fingerprint density at radius 1 is 1.29 bits per heavy atom. The number of carbonyl (C=O) groups is 2. The van der Waals surface area contributed by atoms with E-state index < -0.39 is 0 Å². The van der Waals surface area contributed by atoms with E-state index in [0.29, 0.717) is 36.4 Å². The van der Waals surface area contributed by atoms with E-state index in [1.807, 2.05) is 19.1 Å². The summed E-state index contributed by atoms with van der Waals surface area (Å²) in [5.74, 6) is 0.125. The van der Waals surface area contributed by atoms with Gasteiger partial charge in [0, 0.05) is 16.8 Å². The number of nitrogens with one attached hydrogen (secondary N) is 3. The molecular weight excluding hydrogens is 328 g/mol. The Hall–Kier alpha value is -1.79. The zero-order valence-electron chi connectivity index (χ0n) is 13.9. The molecule has 130 valence electrons. The van der Waals surface area contributed by atoms with Crippen LogP contribution in [-0.2, 0) is 4.79 Å². The van der Waals surface area contributed by atoms with Crippen molar-refractivity contribution in [3.05, 3.63) is 28.8 Å². The fourth-order valence-corrected chi connectivity index (χ4v) is 2.99. The van der Waals surface area contributed by atoms with Crippen LogP contribution >= 0.6 is 11.6 Å². The molecule has 1 saturated carbocycles. The van der Waals surface area contributed by atoms with Gasteiger partial charge >= 0.3 is 6.03 Å². The van der Waals surface area contributed by atoms with Crippen molar-refractivity contribution < 1.29 is 14.5 Å². The molecule has 1 heterocycles. The van der Waals surface area contributed by atoms with Crippen molar-refractivity contribution in [2.45, 2.75) is 25.8 Å². The van der Waals surface area contributed by atoms with Gasteiger partial charge in [-0.1, -0.05) is 17.7 Å². The summed E-state index contributed by atoms with van der Waals surface area (Å²) in [6.45, 7) is 5.31. The molecule has 0 radical (unpaired) electrons. The summed E-state index contributed by atoms with van der Waals surface area (Å²) in [4.78, 5) is 27.2. The summed E-state index contributed by atoms with van der Waals surface area (Å²) < 4.78 is 0. The number of aryl methyl sites for hydroxylation is 1. The third-order valence-corrected chi connectivity index (χ3v) is 4.94. The second-order valence-electron chi connectivity index (χ2n) is 6.65. The lowest BCUT2D eigenvalue weighted by Crippen LogP contribution is -3.15. The number of amides is 3. The van der Waals surface area contributed by atoms with Gasteiger partial charge in [-0.05, 0) is 37.5 Å². The number of hydrogen-bond donors (Lipinski definition) is 3. The normalized spacial score (nSPS) is 18.3. The largest absolute Gasteiger partial charge is 0.348 e. The molecule has 1 aliphatic carbocycles. The highest BCUT2D eigenvalue weighted by Gasteiger charge is 2.28. The minimum absolute atomic E-state index is 0.114. The summed E-state index contributed by atoms with van der Waals surface area (Å²) in [7, 11) is 0. The second-order valence-corrected chi connectivity index (χ2v) is 7.06. The van der Waals surface area contributed by atoms with Gasteiger partial charge in [0.2, 0.25) is 0 Å². The summed E-state index contributed by atoms with van der Waals surface area (Å²) in [5.41, 5.74) is 1.69. The molecule has 2 fully saturated rings. The summed E-state index contributed by atoms with van der Waals surface area (Å²) in [6.07, 6.45) is 2.22. The third-order valence-electron chi connectivity index (χ3n) is 4.53. The number of hydrogen-bond acceptors (Lipinski definition) is 2. The number of quaternary nitrogens is 1. The molecule has 0 aromatic heterocycles. The average molecular weight is 352 g/mol. The Labute approximate surface area is 147 Å². The van der Waals surface area contributed by atoms with Crippen LogP contribution in [0.1, 0.15) is 18.4 Å². The first-order valence-electron chi connectivity index (χ1n) is 8.46. The van der Waals surface area contributed by atoms with Crippen LogP contribution in [0.15, 0.2) is 18.2 Å². The van der Waals surface area contributed by atoms with E-state index in [4.69, 9.17) is 11.6 Å². The van der Waals surface area contributed by atoms with Gasteiger partial charge < -0.3 is 20.4 Å². The molecule has 0 bridgehead atoms. The van der Waals surface area contributed by atoms with Gasteiger partial charge in [-0.15, -0.1) is 0 Å². The molecule has 1 aromatic carbocycles. The molecule has 1 aromatic rings. The molecule has 0 spiro atoms. The van der Waals surface area contributed by atoms with Crippen molar-refractivity contribution in [2.75, 3.05) is 38.0 Å². The molecule has 24 heavy (non-hydrogen) atoms. The Balaban J connectivity index is 1.44. The van der Waals surface area contributed by atoms with Crippen LogP contribution in [0.2, 0.25) is 5.02 Å². The van der Waals surface area contributed by atoms with Crippen molar-refractivity contribution in [1.29, 1.82) is 0 Å². The van der Waals surface area contributed by atoms with Crippen molar-refractivity contribution in [2.24, 2.45) is 0 Å². The summed E-state index contributed by atoms with van der Waals surface area (Å²) in [6, 6.07) is 5.79. The van der Waals surface area contributed by atoms with Gasteiger partial charge in [0.15, 0.2) is 6.54 Å². The quantitative estimate of drug-likeness (QED) is 0.746. The SMILES string of the molecule is Cc1ccc(NC(=O)N2CC[NH+](CC(=O)NC3CC3)CC2)cc1Cl. The van der Waals surface area contributed by atoms with Crippen LogP contribution in [0.5, 0.6) is 0 Å². The zero-order valence-corrected chi connectivity index (χ0v) is 14.7. The van der Waals surface area contributed by atoms with E-state index >= 15 is 0 Å². The number of rotatable bonds is 4. The highest BCUT2D eigenvalue weighted by atomic mass is 35.5. The van der Waals surface area contributed by atoms with Crippen LogP contribution in [0.25, 0.3) is 0 Å². The van der Waals surface area contributed by atoms with Crippen LogP contribution in [0.4, 0.5) is 10.5 Å². The fourth-order valence-electron chi connectivity index (χ4n) is 2.81. The Morgan fingerprint density at radius 2 is 2.00 bits per heavy atom. The van der Waals surface area contributed by atoms with Gasteiger partial charge in [-0.25, -0.2) is 4.79 Å². The van der Waals surface area contributed by atoms with Crippen LogP contribution in [-0.4, -0.2) is 55.6 Å². The Morgan fingerprint density at radius 3 is 2.62 bits per heavy atom. The van der Waals surface area contributed by atoms with E-state index in [-0.39, 0.29) is 11.9 Å². The molecule has 0 unspecified atom stereocenters. The Kier molecular flexibility index (Phi) is 5.26. The first-order chi connectivity index (χ1) is 11.5. The molecule has 2 aliphatic rings. The summed E-state index contributed by atoms with van der Waals surface area (Å²) >= 11 is 6.08. The number of carbonyl (C=O) groups excluding carboxylic acids is 2. The van der Waals surface area contributed by atoms with Crippen molar-refractivity contribution in [1.82, 2.24) is 10.2 Å². The van der Waals surface area contributed by atoms with Crippen molar-refractivity contribution in [3.8, 4) is 0 Å². The Bertz CT molecular complexity index is 625. The lowest BCUT2D eigenvalue weighted by Gasteiger charge is -2.31. The molecule has 1 aliphatic heterocycles. The topological polar surface area (TPSA) is 65.9 Å². The van der Waals surface area contributed by atoms with Crippen LogP contribution < -0.4 is 15.5 Å². The average Bonchev–Trinajstić information content (AvgIpc) is 3.35. The lowest BCUT2D eigenvalue weighted by molar-refractivity contribution is -0.896. The molecule has 1 saturated heterocycles. The maximum Gasteiger partial charge on any atom is 0.322 e. The number of piperazine rings is 1. The number of benzene rings is 1. The van der Waals surface area contributed by atoms with Gasteiger partial charge in [0.25, 0.3) is 5.91 Å². The van der Waals surface area contributed by atoms with Crippen molar-refractivity contribution in [3.63, 3.8) is 0 Å². The third kappa shape index (κ3) is 4.61. The monoisotopic (exact) mass is 351 g/mol. The van der Waals surface area contributed by atoms with Crippen LogP contribution in [0, 0.1) is 6.92 Å². The highest BCUT2D eigenvalue weighted by Crippen LogP contribution is 2.20. The van der Waals surface area contributed by atoms with E-state index in [1.54, 1.807) is 11.0 Å². The van der Waals surface area contributed by atoms with Gasteiger partial charge in [0.05, 0.1) is 26.2 Å². The molecule has 0 atom stereocenters. The maximum absolute atomic E-state index is 12.3. The van der Waals surface area contributed by atoms with E-state index in [9.17, 15) is 9.59 Å². The smallest absolute Gasteiger partial charge is 0.322 e. The fraction of sp³-hybridized carbons (Fsp3) is 0.529. The predicted octanol–water partition coefficient (Wildman–Crippen LogP) is 0.659. The van der Waals surface area contributed by atoms with Gasteiger partial charge in [0.1, 0.15) is 0 Å². The first kappa shape index (κ1) is 17.0. The number of halogens is 1. The molecule has 3 rings (SSSR count). The number of urea groups is 1. The van der Waals surface area contributed by atoms with E-state index in [2.05, 4.69) is 10.6 Å². The number of nitrogens with zero attached hydrogens (tertiary/aromatic N) is 1. The van der Waals surface area contributed by atoms with Gasteiger partial charge in [-0.2, -0.15) is 0 Å². The molecule has 3 amide bonds. The minimum Gasteiger partial charge on any atom is -0.348 e. The zero-order chi connectivity index (χ0) is 17.1. The first-order valence-corrected chi connectivity index (χ1v) is 8.84. The van der Waals surface area contributed by atoms with Crippen LogP contribution in [0.3, 0.4) is 0 Å². The molecule has 7 heteroatoms. The van der Waals surface area contributed by atoms with Crippen molar-refractivity contribution >= 4 is 29.2 Å². The molecular formula is C17H24ClN4O2+. The standard InChI is InChI=1S/C17H23ClN4O2/c1-12-2-3-14(10-15(12)18)20-17(24)22-8-6-21(7-9-22)11-16(23)19-13-4-5-13/h2-3,10,13H,4-9,11H2,1H3,(H,19,23)(H,20,24)/p+1. The second kappa shape index (κ2) is 7.40.